The molecule has 1 rings (SSSR count). The van der Waals surface area contributed by atoms with Crippen LogP contribution in [0.1, 0.15) is 12.5 Å². The summed E-state index contributed by atoms with van der Waals surface area (Å²) in [5.41, 5.74) is 0.773. The first-order valence-corrected chi connectivity index (χ1v) is 6.77. The van der Waals surface area contributed by atoms with E-state index < -0.39 is 5.97 Å². The van der Waals surface area contributed by atoms with Crippen LogP contribution in [-0.4, -0.2) is 17.7 Å². The molecule has 0 atom stereocenters. The Balaban J connectivity index is 2.93. The minimum atomic E-state index is -0.976. The highest BCUT2D eigenvalue weighted by Gasteiger charge is 2.07. The number of hydrogen-bond acceptors (Lipinski definition) is 2. The van der Waals surface area contributed by atoms with Gasteiger partial charge in [0.15, 0.2) is 0 Å². The van der Waals surface area contributed by atoms with Gasteiger partial charge in [0.1, 0.15) is 12.4 Å². The number of hydrogen-bond donors (Lipinski definition) is 1. The van der Waals surface area contributed by atoms with Crippen LogP contribution in [0.4, 0.5) is 0 Å². The Hall–Kier alpha value is -1.07. The summed E-state index contributed by atoms with van der Waals surface area (Å²) in [7, 11) is 0. The third-order valence-electron chi connectivity index (χ3n) is 2.00. The number of carboxylic acids is 1. The van der Waals surface area contributed by atoms with Gasteiger partial charge in [0, 0.05) is 6.08 Å². The summed E-state index contributed by atoms with van der Waals surface area (Å²) in [6, 6.07) is 3.60. The zero-order valence-corrected chi connectivity index (χ0v) is 12.9. The number of rotatable bonds is 5. The van der Waals surface area contributed by atoms with Gasteiger partial charge >= 0.3 is 5.97 Å². The van der Waals surface area contributed by atoms with Gasteiger partial charge in [-0.25, -0.2) is 4.79 Å². The maximum Gasteiger partial charge on any atom is 0.328 e. The first kappa shape index (κ1) is 15.0. The average Bonchev–Trinajstić information content (AvgIpc) is 2.30. The van der Waals surface area contributed by atoms with Crippen LogP contribution in [0.25, 0.3) is 6.08 Å². The van der Waals surface area contributed by atoms with Crippen LogP contribution in [0.5, 0.6) is 5.75 Å². The van der Waals surface area contributed by atoms with E-state index in [1.54, 1.807) is 12.1 Å². The van der Waals surface area contributed by atoms with Gasteiger partial charge in [-0.05, 0) is 62.6 Å². The van der Waals surface area contributed by atoms with E-state index in [4.69, 9.17) is 9.84 Å². The highest BCUT2D eigenvalue weighted by Crippen LogP contribution is 2.35. The van der Waals surface area contributed by atoms with E-state index in [2.05, 4.69) is 31.9 Å². The van der Waals surface area contributed by atoms with E-state index in [1.165, 1.54) is 6.08 Å². The topological polar surface area (TPSA) is 46.5 Å². The first-order valence-electron chi connectivity index (χ1n) is 5.18. The first-order chi connectivity index (χ1) is 8.54. The molecule has 0 saturated heterocycles. The van der Waals surface area contributed by atoms with Crippen LogP contribution in [0.3, 0.4) is 0 Å². The highest BCUT2D eigenvalue weighted by molar-refractivity contribution is 9.11. The quantitative estimate of drug-likeness (QED) is 0.617. The molecule has 3 nitrogen and oxygen atoms in total. The predicted octanol–water partition coefficient (Wildman–Crippen LogP) is 4.26. The summed E-state index contributed by atoms with van der Waals surface area (Å²) in [6.07, 6.45) is 6.42. The van der Waals surface area contributed by atoms with E-state index in [0.29, 0.717) is 12.4 Å². The molecular formula is C13H12Br2O3. The van der Waals surface area contributed by atoms with Gasteiger partial charge in [0.05, 0.1) is 8.95 Å². The van der Waals surface area contributed by atoms with E-state index in [-0.39, 0.29) is 0 Å². The Labute approximate surface area is 122 Å². The fraction of sp³-hybridized carbons (Fsp3) is 0.154. The number of ether oxygens (including phenoxy) is 1. The molecule has 0 unspecified atom stereocenters. The summed E-state index contributed by atoms with van der Waals surface area (Å²) in [5.74, 6) is -0.281. The van der Waals surface area contributed by atoms with Gasteiger partial charge in [0.25, 0.3) is 0 Å². The second kappa shape index (κ2) is 7.38. The summed E-state index contributed by atoms with van der Waals surface area (Å²) in [4.78, 5) is 10.4. The van der Waals surface area contributed by atoms with Crippen molar-refractivity contribution in [3.63, 3.8) is 0 Å². The van der Waals surface area contributed by atoms with Crippen LogP contribution in [0.2, 0.25) is 0 Å². The second-order valence-corrected chi connectivity index (χ2v) is 5.07. The molecule has 1 aromatic carbocycles. The average molecular weight is 376 g/mol. The summed E-state index contributed by atoms with van der Waals surface area (Å²) in [6.45, 7) is 2.41. The lowest BCUT2D eigenvalue weighted by molar-refractivity contribution is -0.131. The fourth-order valence-corrected chi connectivity index (χ4v) is 2.66. The van der Waals surface area contributed by atoms with E-state index in [1.807, 2.05) is 19.1 Å². The van der Waals surface area contributed by atoms with Crippen molar-refractivity contribution >= 4 is 43.9 Å². The molecule has 0 fully saturated rings. The third-order valence-corrected chi connectivity index (χ3v) is 3.18. The van der Waals surface area contributed by atoms with Gasteiger partial charge in [-0.1, -0.05) is 12.2 Å². The molecule has 0 bridgehead atoms. The van der Waals surface area contributed by atoms with Crippen molar-refractivity contribution in [2.24, 2.45) is 0 Å². The molecule has 0 radical (unpaired) electrons. The molecule has 0 spiro atoms. The van der Waals surface area contributed by atoms with Crippen LogP contribution >= 0.6 is 31.9 Å². The number of aliphatic carboxylic acids is 1. The SMILES string of the molecule is C/C=C/COc1c(Br)cc(/C=C/C(=O)O)cc1Br. The molecule has 0 aliphatic rings. The van der Waals surface area contributed by atoms with Gasteiger partial charge in [-0.2, -0.15) is 0 Å². The van der Waals surface area contributed by atoms with Crippen LogP contribution in [-0.2, 0) is 4.79 Å². The summed E-state index contributed by atoms with van der Waals surface area (Å²) >= 11 is 6.79. The Kier molecular flexibility index (Phi) is 6.15. The molecule has 1 aromatic rings. The van der Waals surface area contributed by atoms with Crippen LogP contribution in [0.15, 0.2) is 39.3 Å². The predicted molar refractivity (Wildman–Crippen MR) is 78.8 cm³/mol. The Morgan fingerprint density at radius 3 is 2.50 bits per heavy atom. The minimum Gasteiger partial charge on any atom is -0.487 e. The number of carbonyl (C=O) groups is 1. The van der Waals surface area contributed by atoms with Gasteiger partial charge in [-0.15, -0.1) is 0 Å². The smallest absolute Gasteiger partial charge is 0.328 e. The monoisotopic (exact) mass is 374 g/mol. The van der Waals surface area contributed by atoms with Crippen molar-refractivity contribution in [2.75, 3.05) is 6.61 Å². The molecule has 0 saturated carbocycles. The van der Waals surface area contributed by atoms with Crippen molar-refractivity contribution in [3.8, 4) is 5.75 Å². The Morgan fingerprint density at radius 1 is 1.39 bits per heavy atom. The van der Waals surface area contributed by atoms with Gasteiger partial charge < -0.3 is 9.84 Å². The lowest BCUT2D eigenvalue weighted by Crippen LogP contribution is -1.95. The van der Waals surface area contributed by atoms with Gasteiger partial charge in [0.2, 0.25) is 0 Å². The summed E-state index contributed by atoms with van der Waals surface area (Å²) in [5, 5.41) is 8.57. The van der Waals surface area contributed by atoms with Crippen molar-refractivity contribution in [1.82, 2.24) is 0 Å². The van der Waals surface area contributed by atoms with E-state index >= 15 is 0 Å². The number of halogens is 2. The number of benzene rings is 1. The molecule has 0 amide bonds. The Bertz CT molecular complexity index is 470. The largest absolute Gasteiger partial charge is 0.487 e. The minimum absolute atomic E-state index is 0.484. The molecule has 5 heteroatoms. The van der Waals surface area contributed by atoms with E-state index in [0.717, 1.165) is 20.6 Å². The zero-order valence-electron chi connectivity index (χ0n) is 9.69. The summed E-state index contributed by atoms with van der Waals surface area (Å²) < 4.78 is 7.11. The van der Waals surface area contributed by atoms with Crippen LogP contribution in [0, 0.1) is 0 Å². The Morgan fingerprint density at radius 2 is 2.00 bits per heavy atom. The molecule has 96 valence electrons. The molecule has 0 aliphatic heterocycles. The lowest BCUT2D eigenvalue weighted by Gasteiger charge is -2.09. The number of allylic oxidation sites excluding steroid dienone is 1. The number of carboxylic acid groups (broad SMARTS) is 1. The molecule has 0 heterocycles. The van der Waals surface area contributed by atoms with Crippen molar-refractivity contribution < 1.29 is 14.6 Å². The maximum absolute atomic E-state index is 10.4. The fourth-order valence-electron chi connectivity index (χ4n) is 1.21. The zero-order chi connectivity index (χ0) is 13.5. The third kappa shape index (κ3) is 4.66. The van der Waals surface area contributed by atoms with Crippen LogP contribution < -0.4 is 4.74 Å². The van der Waals surface area contributed by atoms with Crippen molar-refractivity contribution in [3.05, 3.63) is 44.9 Å². The second-order valence-electron chi connectivity index (χ2n) is 3.37. The van der Waals surface area contributed by atoms with E-state index in [9.17, 15) is 4.79 Å². The molecule has 0 aromatic heterocycles. The van der Waals surface area contributed by atoms with Gasteiger partial charge in [-0.3, -0.25) is 0 Å². The maximum atomic E-state index is 10.4. The standard InChI is InChI=1S/C13H12Br2O3/c1-2-3-6-18-13-10(14)7-9(8-11(13)15)4-5-12(16)17/h2-5,7-8H,6H2,1H3,(H,16,17)/b3-2+,5-4+. The molecule has 0 aliphatic carbocycles. The lowest BCUT2D eigenvalue weighted by atomic mass is 10.2. The molecular weight excluding hydrogens is 364 g/mol. The van der Waals surface area contributed by atoms with Crippen molar-refractivity contribution in [1.29, 1.82) is 0 Å². The molecule has 1 N–H and O–H groups in total. The highest BCUT2D eigenvalue weighted by atomic mass is 79.9. The molecule has 18 heavy (non-hydrogen) atoms. The normalized spacial score (nSPS) is 11.3. The van der Waals surface area contributed by atoms with Crippen molar-refractivity contribution in [2.45, 2.75) is 6.92 Å².